The van der Waals surface area contributed by atoms with Gasteiger partial charge >= 0.3 is 24.3 Å². The second kappa shape index (κ2) is 12.2. The fourth-order valence-electron chi connectivity index (χ4n) is 4.56. The number of rotatable bonds is 4. The number of nitrogens with zero attached hydrogens (tertiary/aromatic N) is 3. The molecule has 2 saturated heterocycles. The van der Waals surface area contributed by atoms with Crippen LogP contribution in [0.3, 0.4) is 0 Å². The fourth-order valence-corrected chi connectivity index (χ4v) is 5.16. The van der Waals surface area contributed by atoms with Crippen molar-refractivity contribution in [3.05, 3.63) is 16.1 Å². The van der Waals surface area contributed by atoms with Crippen LogP contribution in [0.15, 0.2) is 5.38 Å². The molecule has 4 rings (SSSR count). The number of fused-ring (bicyclic) bond motifs is 1. The minimum Gasteiger partial charge on any atom is -0.475 e. The van der Waals surface area contributed by atoms with Gasteiger partial charge in [0.25, 0.3) is 0 Å². The van der Waals surface area contributed by atoms with E-state index >= 15 is 0 Å². The van der Waals surface area contributed by atoms with Crippen LogP contribution in [-0.4, -0.2) is 81.4 Å². The van der Waals surface area contributed by atoms with Crippen LogP contribution < -0.4 is 0 Å². The van der Waals surface area contributed by atoms with Crippen molar-refractivity contribution in [3.63, 3.8) is 0 Å². The number of aromatic nitrogens is 1. The van der Waals surface area contributed by atoms with Gasteiger partial charge in [-0.25, -0.2) is 14.6 Å². The molecule has 3 aliphatic rings. The van der Waals surface area contributed by atoms with Crippen LogP contribution >= 0.6 is 11.3 Å². The molecule has 0 bridgehead atoms. The van der Waals surface area contributed by atoms with Gasteiger partial charge in [-0.15, -0.1) is 11.3 Å². The van der Waals surface area contributed by atoms with Crippen molar-refractivity contribution < 1.29 is 50.9 Å². The zero-order valence-electron chi connectivity index (χ0n) is 19.3. The maximum atomic E-state index is 12.7. The molecule has 8 nitrogen and oxygen atoms in total. The number of carboxylic acid groups (broad SMARTS) is 2. The fraction of sp³-hybridized carbons (Fsp3) is 0.714. The number of aryl methyl sites for hydroxylation is 1. The number of thiazole rings is 1. The summed E-state index contributed by atoms with van der Waals surface area (Å²) in [6.07, 6.45) is -4.56. The van der Waals surface area contributed by atoms with Gasteiger partial charge in [0.2, 0.25) is 5.91 Å². The molecule has 3 heterocycles. The normalized spacial score (nSPS) is 22.5. The first kappa shape index (κ1) is 29.8. The van der Waals surface area contributed by atoms with Crippen LogP contribution in [0.2, 0.25) is 0 Å². The summed E-state index contributed by atoms with van der Waals surface area (Å²) in [5, 5.41) is 17.4. The molecule has 0 aromatic carbocycles. The average Bonchev–Trinajstić information content (AvgIpc) is 3.52. The van der Waals surface area contributed by atoms with E-state index in [1.54, 1.807) is 11.3 Å². The van der Waals surface area contributed by atoms with Crippen molar-refractivity contribution in [2.75, 3.05) is 26.2 Å². The van der Waals surface area contributed by atoms with Gasteiger partial charge in [-0.2, -0.15) is 26.3 Å². The predicted molar refractivity (Wildman–Crippen MR) is 115 cm³/mol. The third kappa shape index (κ3) is 8.91. The molecule has 0 radical (unpaired) electrons. The van der Waals surface area contributed by atoms with Gasteiger partial charge in [0.15, 0.2) is 0 Å². The molecule has 1 aromatic heterocycles. The number of hydrogen-bond acceptors (Lipinski definition) is 6. The molecule has 15 heteroatoms. The van der Waals surface area contributed by atoms with Crippen molar-refractivity contribution in [1.29, 1.82) is 0 Å². The maximum absolute atomic E-state index is 12.7. The van der Waals surface area contributed by atoms with Gasteiger partial charge in [0, 0.05) is 37.5 Å². The highest BCUT2D eigenvalue weighted by Crippen LogP contribution is 2.35. The van der Waals surface area contributed by atoms with Crippen molar-refractivity contribution >= 4 is 29.2 Å². The highest BCUT2D eigenvalue weighted by atomic mass is 32.1. The molecule has 0 unspecified atom stereocenters. The summed E-state index contributed by atoms with van der Waals surface area (Å²) in [6.45, 7) is 7.01. The summed E-state index contributed by atoms with van der Waals surface area (Å²) in [5.74, 6) is -3.46. The lowest BCUT2D eigenvalue weighted by molar-refractivity contribution is -0.193. The van der Waals surface area contributed by atoms with E-state index in [2.05, 4.69) is 15.3 Å². The number of alkyl halides is 6. The van der Waals surface area contributed by atoms with E-state index in [9.17, 15) is 31.1 Å². The summed E-state index contributed by atoms with van der Waals surface area (Å²) >= 11 is 1.67. The molecule has 2 N–H and O–H groups in total. The van der Waals surface area contributed by atoms with Gasteiger partial charge in [-0.05, 0) is 25.7 Å². The Morgan fingerprint density at radius 2 is 1.56 bits per heavy atom. The zero-order chi connectivity index (χ0) is 27.3. The Labute approximate surface area is 206 Å². The highest BCUT2D eigenvalue weighted by molar-refractivity contribution is 7.09. The Kier molecular flexibility index (Phi) is 10.1. The van der Waals surface area contributed by atoms with E-state index in [1.807, 2.05) is 11.8 Å². The standard InChI is InChI=1S/C17H25N3OS.2C2HF3O2/c1-12-18-15(11-22-12)9-20-8-14-7-19(10-16(14)17(20)21)6-13-4-2-3-5-13;2*3-2(4,5)1(6)7/h11,13-14,16H,2-10H2,1H3;2*(H,6,7)/t14-,16-;;/m0../s1. The van der Waals surface area contributed by atoms with E-state index in [1.165, 1.54) is 32.2 Å². The molecule has 204 valence electrons. The Balaban J connectivity index is 0.000000271. The number of amides is 1. The number of halogens is 6. The first-order valence-corrected chi connectivity index (χ1v) is 12.0. The van der Waals surface area contributed by atoms with Crippen molar-refractivity contribution in [2.45, 2.75) is 51.5 Å². The van der Waals surface area contributed by atoms with E-state index in [-0.39, 0.29) is 5.92 Å². The van der Waals surface area contributed by atoms with Crippen molar-refractivity contribution in [1.82, 2.24) is 14.8 Å². The van der Waals surface area contributed by atoms with Gasteiger partial charge in [0.05, 0.1) is 23.2 Å². The molecule has 1 aromatic rings. The monoisotopic (exact) mass is 547 g/mol. The number of carbonyl (C=O) groups is 3. The molecule has 3 fully saturated rings. The average molecular weight is 548 g/mol. The molecular formula is C21H27F6N3O5S. The van der Waals surface area contributed by atoms with Crippen LogP contribution in [0.4, 0.5) is 26.3 Å². The molecule has 0 spiro atoms. The first-order chi connectivity index (χ1) is 16.6. The summed E-state index contributed by atoms with van der Waals surface area (Å²) in [7, 11) is 0. The Hall–Kier alpha value is -2.42. The minimum absolute atomic E-state index is 0.251. The highest BCUT2D eigenvalue weighted by Gasteiger charge is 2.46. The number of likely N-dealkylation sites (tertiary alicyclic amines) is 2. The number of aliphatic carboxylic acids is 2. The number of hydrogen-bond donors (Lipinski definition) is 2. The lowest BCUT2D eigenvalue weighted by Crippen LogP contribution is -2.34. The SMILES string of the molecule is Cc1nc(CN2C[C@@H]3CN(CC4CCCC4)C[C@@H]3C2=O)cs1.O=C(O)C(F)(F)F.O=C(O)C(F)(F)F. The van der Waals surface area contributed by atoms with Crippen LogP contribution in [0.5, 0.6) is 0 Å². The summed E-state index contributed by atoms with van der Waals surface area (Å²) < 4.78 is 63.5. The van der Waals surface area contributed by atoms with Crippen LogP contribution in [0.25, 0.3) is 0 Å². The number of carboxylic acids is 2. The van der Waals surface area contributed by atoms with Crippen molar-refractivity contribution in [2.24, 2.45) is 17.8 Å². The van der Waals surface area contributed by atoms with Crippen LogP contribution in [0, 0.1) is 24.7 Å². The second-order valence-corrected chi connectivity index (χ2v) is 9.98. The minimum atomic E-state index is -5.08. The third-order valence-electron chi connectivity index (χ3n) is 6.10. The lowest BCUT2D eigenvalue weighted by atomic mass is 10.0. The second-order valence-electron chi connectivity index (χ2n) is 8.92. The maximum Gasteiger partial charge on any atom is 0.490 e. The van der Waals surface area contributed by atoms with Gasteiger partial charge in [0.1, 0.15) is 0 Å². The Bertz CT molecular complexity index is 893. The molecule has 2 aliphatic heterocycles. The first-order valence-electron chi connectivity index (χ1n) is 11.1. The van der Waals surface area contributed by atoms with E-state index in [0.717, 1.165) is 36.3 Å². The summed E-state index contributed by atoms with van der Waals surface area (Å²) in [4.78, 5) is 39.5. The number of carbonyl (C=O) groups excluding carboxylic acids is 1. The largest absolute Gasteiger partial charge is 0.490 e. The summed E-state index contributed by atoms with van der Waals surface area (Å²) in [6, 6.07) is 0. The van der Waals surface area contributed by atoms with Gasteiger partial charge in [-0.1, -0.05) is 12.8 Å². The lowest BCUT2D eigenvalue weighted by Gasteiger charge is -2.23. The van der Waals surface area contributed by atoms with Crippen LogP contribution in [0.1, 0.15) is 36.4 Å². The molecule has 1 aliphatic carbocycles. The Morgan fingerprint density at radius 3 is 1.97 bits per heavy atom. The third-order valence-corrected chi connectivity index (χ3v) is 6.92. The molecule has 1 saturated carbocycles. The zero-order valence-corrected chi connectivity index (χ0v) is 20.1. The van der Waals surface area contributed by atoms with Gasteiger partial charge < -0.3 is 20.0 Å². The topological polar surface area (TPSA) is 111 Å². The van der Waals surface area contributed by atoms with E-state index in [0.29, 0.717) is 18.4 Å². The quantitative estimate of drug-likeness (QED) is 0.552. The van der Waals surface area contributed by atoms with Crippen molar-refractivity contribution in [3.8, 4) is 0 Å². The smallest absolute Gasteiger partial charge is 0.475 e. The van der Waals surface area contributed by atoms with E-state index < -0.39 is 24.3 Å². The molecule has 36 heavy (non-hydrogen) atoms. The molecule has 1 amide bonds. The summed E-state index contributed by atoms with van der Waals surface area (Å²) in [5.41, 5.74) is 1.05. The van der Waals surface area contributed by atoms with Crippen LogP contribution in [-0.2, 0) is 20.9 Å². The molecule has 2 atom stereocenters. The Morgan fingerprint density at radius 1 is 1.03 bits per heavy atom. The molecular weight excluding hydrogens is 520 g/mol. The van der Waals surface area contributed by atoms with E-state index in [4.69, 9.17) is 19.8 Å². The predicted octanol–water partition coefficient (Wildman–Crippen LogP) is 3.80. The van der Waals surface area contributed by atoms with Gasteiger partial charge in [-0.3, -0.25) is 4.79 Å².